The SMILES string of the molecule is CC(=O)Nc1cc(-c2ccc(=O)n([C@H](C)C(=O)Nc3c(F)cccc3F)n2)ccc1C. The maximum atomic E-state index is 13.8. The summed E-state index contributed by atoms with van der Waals surface area (Å²) in [5, 5.41) is 9.13. The summed E-state index contributed by atoms with van der Waals surface area (Å²) in [6, 6.07) is 10.0. The van der Waals surface area contributed by atoms with Gasteiger partial charge in [-0.1, -0.05) is 18.2 Å². The van der Waals surface area contributed by atoms with Crippen LogP contribution in [0.15, 0.2) is 53.3 Å². The van der Waals surface area contributed by atoms with Crippen molar-refractivity contribution in [2.24, 2.45) is 0 Å². The third-order valence-electron chi connectivity index (χ3n) is 4.63. The van der Waals surface area contributed by atoms with Crippen LogP contribution in [-0.4, -0.2) is 21.6 Å². The number of aromatic nitrogens is 2. The zero-order valence-electron chi connectivity index (χ0n) is 17.1. The van der Waals surface area contributed by atoms with Crippen LogP contribution in [0.2, 0.25) is 0 Å². The van der Waals surface area contributed by atoms with Gasteiger partial charge in [0.15, 0.2) is 0 Å². The lowest BCUT2D eigenvalue weighted by atomic mass is 10.1. The molecule has 160 valence electrons. The average molecular weight is 426 g/mol. The first-order valence-corrected chi connectivity index (χ1v) is 9.40. The topological polar surface area (TPSA) is 93.1 Å². The van der Waals surface area contributed by atoms with Crippen LogP contribution >= 0.6 is 0 Å². The van der Waals surface area contributed by atoms with E-state index in [1.807, 2.05) is 6.92 Å². The summed E-state index contributed by atoms with van der Waals surface area (Å²) < 4.78 is 28.6. The molecule has 0 aliphatic rings. The van der Waals surface area contributed by atoms with Gasteiger partial charge >= 0.3 is 0 Å². The molecule has 2 aromatic carbocycles. The Kier molecular flexibility index (Phi) is 6.24. The lowest BCUT2D eigenvalue weighted by Gasteiger charge is -2.16. The zero-order valence-corrected chi connectivity index (χ0v) is 17.1. The monoisotopic (exact) mass is 426 g/mol. The summed E-state index contributed by atoms with van der Waals surface area (Å²) in [7, 11) is 0. The first-order valence-electron chi connectivity index (χ1n) is 9.40. The summed E-state index contributed by atoms with van der Waals surface area (Å²) in [5.41, 5.74) is 1.26. The number of anilines is 2. The molecule has 0 fully saturated rings. The number of rotatable bonds is 5. The zero-order chi connectivity index (χ0) is 22.7. The first kappa shape index (κ1) is 21.8. The minimum Gasteiger partial charge on any atom is -0.326 e. The van der Waals surface area contributed by atoms with Crippen LogP contribution in [0, 0.1) is 18.6 Å². The molecule has 9 heteroatoms. The Bertz CT molecular complexity index is 1200. The summed E-state index contributed by atoms with van der Waals surface area (Å²) in [6.45, 7) is 4.62. The second kappa shape index (κ2) is 8.86. The maximum Gasteiger partial charge on any atom is 0.267 e. The minimum absolute atomic E-state index is 0.233. The van der Waals surface area contributed by atoms with Crippen molar-refractivity contribution >= 4 is 23.2 Å². The summed E-state index contributed by atoms with van der Waals surface area (Å²) in [4.78, 5) is 36.3. The van der Waals surface area contributed by atoms with Crippen LogP contribution in [0.1, 0.15) is 25.5 Å². The number of nitrogens with zero attached hydrogens (tertiary/aromatic N) is 2. The number of hydrogen-bond acceptors (Lipinski definition) is 4. The van der Waals surface area contributed by atoms with Crippen LogP contribution in [0.25, 0.3) is 11.3 Å². The number of carbonyl (C=O) groups is 2. The number of carbonyl (C=O) groups excluding carboxylic acids is 2. The van der Waals surface area contributed by atoms with Gasteiger partial charge in [-0.05, 0) is 43.7 Å². The smallest absolute Gasteiger partial charge is 0.267 e. The van der Waals surface area contributed by atoms with E-state index in [9.17, 15) is 23.2 Å². The fraction of sp³-hybridized carbons (Fsp3) is 0.182. The Labute approximate surface area is 176 Å². The Balaban J connectivity index is 1.93. The second-order valence-corrected chi connectivity index (χ2v) is 6.97. The van der Waals surface area contributed by atoms with Gasteiger partial charge in [-0.2, -0.15) is 5.10 Å². The lowest BCUT2D eigenvalue weighted by molar-refractivity contribution is -0.119. The van der Waals surface area contributed by atoms with Crippen LogP contribution in [-0.2, 0) is 9.59 Å². The van der Waals surface area contributed by atoms with Crippen molar-refractivity contribution in [3.8, 4) is 11.3 Å². The van der Waals surface area contributed by atoms with Gasteiger partial charge in [0.05, 0.1) is 5.69 Å². The molecule has 0 unspecified atom stereocenters. The molecule has 0 saturated carbocycles. The standard InChI is InChI=1S/C22H20F2N4O3/c1-12-7-8-15(11-19(12)25-14(3)29)18-9-10-20(30)28(27-18)13(2)22(31)26-21-16(23)5-4-6-17(21)24/h4-11,13H,1-3H3,(H,25,29)(H,26,31)/t13-/m1/s1. The van der Waals surface area contributed by atoms with Gasteiger partial charge < -0.3 is 10.6 Å². The Morgan fingerprint density at radius 2 is 1.71 bits per heavy atom. The van der Waals surface area contributed by atoms with E-state index in [4.69, 9.17) is 0 Å². The van der Waals surface area contributed by atoms with Gasteiger partial charge in [0.2, 0.25) is 11.8 Å². The molecule has 3 aromatic rings. The molecule has 1 heterocycles. The van der Waals surface area contributed by atoms with Gasteiger partial charge in [-0.15, -0.1) is 0 Å². The Morgan fingerprint density at radius 1 is 1.03 bits per heavy atom. The largest absolute Gasteiger partial charge is 0.326 e. The summed E-state index contributed by atoms with van der Waals surface area (Å²) in [6.07, 6.45) is 0. The summed E-state index contributed by atoms with van der Waals surface area (Å²) >= 11 is 0. The van der Waals surface area contributed by atoms with Crippen molar-refractivity contribution in [3.05, 3.63) is 76.1 Å². The molecule has 3 rings (SSSR count). The van der Waals surface area contributed by atoms with E-state index in [0.29, 0.717) is 16.9 Å². The van der Waals surface area contributed by atoms with Gasteiger partial charge in [0.1, 0.15) is 23.4 Å². The quantitative estimate of drug-likeness (QED) is 0.651. The number of hydrogen-bond donors (Lipinski definition) is 2. The Morgan fingerprint density at radius 3 is 2.35 bits per heavy atom. The second-order valence-electron chi connectivity index (χ2n) is 6.97. The van der Waals surface area contributed by atoms with Gasteiger partial charge in [0, 0.05) is 24.2 Å². The number of aryl methyl sites for hydroxylation is 1. The van der Waals surface area contributed by atoms with Crippen LogP contribution < -0.4 is 16.2 Å². The molecule has 0 aliphatic carbocycles. The summed E-state index contributed by atoms with van der Waals surface area (Å²) in [5.74, 6) is -2.90. The normalized spacial score (nSPS) is 11.6. The number of nitrogens with one attached hydrogen (secondary N) is 2. The van der Waals surface area contributed by atoms with Gasteiger partial charge in [-0.25, -0.2) is 13.5 Å². The number of para-hydroxylation sites is 1. The molecule has 7 nitrogen and oxygen atoms in total. The highest BCUT2D eigenvalue weighted by Gasteiger charge is 2.21. The fourth-order valence-corrected chi connectivity index (χ4v) is 2.92. The van der Waals surface area contributed by atoms with Crippen LogP contribution in [0.5, 0.6) is 0 Å². The molecule has 0 radical (unpaired) electrons. The highest BCUT2D eigenvalue weighted by molar-refractivity contribution is 5.93. The number of amides is 2. The van der Waals surface area contributed by atoms with Crippen molar-refractivity contribution in [2.75, 3.05) is 10.6 Å². The molecule has 1 aromatic heterocycles. The van der Waals surface area contributed by atoms with Crippen LogP contribution in [0.4, 0.5) is 20.2 Å². The predicted octanol–water partition coefficient (Wildman–Crippen LogP) is 3.66. The molecule has 31 heavy (non-hydrogen) atoms. The molecule has 0 aliphatic heterocycles. The predicted molar refractivity (Wildman–Crippen MR) is 113 cm³/mol. The maximum absolute atomic E-state index is 13.8. The average Bonchev–Trinajstić information content (AvgIpc) is 2.72. The van der Waals surface area contributed by atoms with Crippen molar-refractivity contribution < 1.29 is 18.4 Å². The fourth-order valence-electron chi connectivity index (χ4n) is 2.92. The van der Waals surface area contributed by atoms with E-state index < -0.39 is 34.8 Å². The molecular formula is C22H20F2N4O3. The van der Waals surface area contributed by atoms with Crippen molar-refractivity contribution in [1.29, 1.82) is 0 Å². The van der Waals surface area contributed by atoms with Gasteiger partial charge in [0.25, 0.3) is 5.56 Å². The highest BCUT2D eigenvalue weighted by Crippen LogP contribution is 2.24. The third-order valence-corrected chi connectivity index (χ3v) is 4.63. The van der Waals surface area contributed by atoms with E-state index in [0.717, 1.165) is 22.4 Å². The van der Waals surface area contributed by atoms with Crippen LogP contribution in [0.3, 0.4) is 0 Å². The molecular weight excluding hydrogens is 406 g/mol. The molecule has 0 bridgehead atoms. The number of benzene rings is 2. The van der Waals surface area contributed by atoms with E-state index in [-0.39, 0.29) is 5.91 Å². The van der Waals surface area contributed by atoms with Crippen molar-refractivity contribution in [3.63, 3.8) is 0 Å². The molecule has 1 atom stereocenters. The molecule has 2 N–H and O–H groups in total. The first-order chi connectivity index (χ1) is 14.7. The van der Waals surface area contributed by atoms with E-state index in [1.54, 1.807) is 18.2 Å². The molecule has 0 spiro atoms. The van der Waals surface area contributed by atoms with E-state index >= 15 is 0 Å². The van der Waals surface area contributed by atoms with E-state index in [2.05, 4.69) is 15.7 Å². The molecule has 2 amide bonds. The lowest BCUT2D eigenvalue weighted by Crippen LogP contribution is -2.33. The van der Waals surface area contributed by atoms with E-state index in [1.165, 1.54) is 32.0 Å². The van der Waals surface area contributed by atoms with Crippen molar-refractivity contribution in [2.45, 2.75) is 26.8 Å². The Hall–Kier alpha value is -3.88. The number of halogens is 2. The highest BCUT2D eigenvalue weighted by atomic mass is 19.1. The third kappa shape index (κ3) is 4.82. The minimum atomic E-state index is -1.15. The van der Waals surface area contributed by atoms with Gasteiger partial charge in [-0.3, -0.25) is 14.4 Å². The molecule has 0 saturated heterocycles. The van der Waals surface area contributed by atoms with Crippen molar-refractivity contribution in [1.82, 2.24) is 9.78 Å².